The average molecular weight is 658 g/mol. The second-order valence-corrected chi connectivity index (χ2v) is 13.1. The van der Waals surface area contributed by atoms with E-state index in [2.05, 4.69) is 31.9 Å². The van der Waals surface area contributed by atoms with E-state index in [4.69, 9.17) is 9.47 Å². The minimum absolute atomic E-state index is 0.201. The highest BCUT2D eigenvalue weighted by atomic mass is 16.6. The van der Waals surface area contributed by atoms with Crippen molar-refractivity contribution in [3.63, 3.8) is 0 Å². The molecule has 2 amide bonds. The molecular weight excluding hydrogens is 606 g/mol. The van der Waals surface area contributed by atoms with Gasteiger partial charge < -0.3 is 29.3 Å². The zero-order valence-electron chi connectivity index (χ0n) is 28.7. The van der Waals surface area contributed by atoms with Gasteiger partial charge in [-0.1, -0.05) is 49.4 Å². The molecule has 0 aromatic heterocycles. The summed E-state index contributed by atoms with van der Waals surface area (Å²) in [5.41, 5.74) is 0.224. The van der Waals surface area contributed by atoms with Crippen LogP contribution >= 0.6 is 0 Å². The minimum atomic E-state index is -1.26. The lowest BCUT2D eigenvalue weighted by Crippen LogP contribution is -2.57. The highest BCUT2D eigenvalue weighted by Crippen LogP contribution is 2.65. The zero-order chi connectivity index (χ0) is 34.5. The van der Waals surface area contributed by atoms with Crippen LogP contribution < -0.4 is 9.80 Å². The number of amides is 2. The third-order valence-corrected chi connectivity index (χ3v) is 10.7. The van der Waals surface area contributed by atoms with Gasteiger partial charge >= 0.3 is 5.97 Å². The van der Waals surface area contributed by atoms with Crippen LogP contribution in [-0.2, 0) is 23.9 Å². The number of hydrogen-bond donors (Lipinski definition) is 1. The molecule has 258 valence electrons. The lowest BCUT2D eigenvalue weighted by molar-refractivity contribution is -0.162. The molecule has 5 rings (SSSR count). The number of ether oxygens (including phenoxy) is 2. The molecule has 3 saturated heterocycles. The Bertz CT molecular complexity index is 1460. The molecule has 6 atom stereocenters. The smallest absolute Gasteiger partial charge is 0.312 e. The monoisotopic (exact) mass is 657 g/mol. The zero-order valence-corrected chi connectivity index (χ0v) is 28.7. The van der Waals surface area contributed by atoms with Gasteiger partial charge in [-0.05, 0) is 82.2 Å². The number of hydrogen-bond acceptors (Lipinski definition) is 7. The van der Waals surface area contributed by atoms with Crippen LogP contribution in [0.3, 0.4) is 0 Å². The SMILES string of the molecule is C=CCCCCOC(=O)[C@H]1[C@H]2C(=O)N([C@H](CO)c3ccccc3)C(C(=O)N(CC=C)c3ccc(N(CC)CC)cc3)C23CC[C@]1(CC)O3. The summed E-state index contributed by atoms with van der Waals surface area (Å²) in [6.07, 6.45) is 7.32. The van der Waals surface area contributed by atoms with E-state index in [1.165, 1.54) is 4.90 Å². The van der Waals surface area contributed by atoms with Gasteiger partial charge in [0.15, 0.2) is 0 Å². The molecule has 2 aromatic rings. The minimum Gasteiger partial charge on any atom is -0.465 e. The molecule has 48 heavy (non-hydrogen) atoms. The van der Waals surface area contributed by atoms with Crippen molar-refractivity contribution in [2.24, 2.45) is 11.8 Å². The predicted molar refractivity (Wildman–Crippen MR) is 188 cm³/mol. The predicted octanol–water partition coefficient (Wildman–Crippen LogP) is 5.84. The number of esters is 1. The van der Waals surface area contributed by atoms with Crippen molar-refractivity contribution in [3.8, 4) is 0 Å². The average Bonchev–Trinajstić information content (AvgIpc) is 3.72. The first-order chi connectivity index (χ1) is 23.3. The van der Waals surface area contributed by atoms with Gasteiger partial charge in [-0.2, -0.15) is 0 Å². The molecule has 0 saturated carbocycles. The van der Waals surface area contributed by atoms with E-state index in [1.54, 1.807) is 11.0 Å². The first kappa shape index (κ1) is 35.4. The lowest BCUT2D eigenvalue weighted by Gasteiger charge is -2.39. The Hall–Kier alpha value is -3.95. The van der Waals surface area contributed by atoms with Crippen molar-refractivity contribution < 1.29 is 29.0 Å². The topological polar surface area (TPSA) is 99.6 Å². The molecular formula is C39H51N3O6. The lowest BCUT2D eigenvalue weighted by atomic mass is 9.65. The van der Waals surface area contributed by atoms with Crippen molar-refractivity contribution >= 4 is 29.2 Å². The van der Waals surface area contributed by atoms with E-state index in [-0.39, 0.29) is 25.0 Å². The Balaban J connectivity index is 1.58. The first-order valence-corrected chi connectivity index (χ1v) is 17.5. The number of unbranched alkanes of at least 4 members (excludes halogenated alkanes) is 2. The molecule has 1 spiro atoms. The number of aliphatic hydroxyl groups is 1. The van der Waals surface area contributed by atoms with E-state index >= 15 is 4.79 Å². The van der Waals surface area contributed by atoms with Crippen molar-refractivity contribution in [1.82, 2.24) is 4.90 Å². The number of rotatable bonds is 17. The normalized spacial score (nSPS) is 26.2. The van der Waals surface area contributed by atoms with E-state index in [0.29, 0.717) is 36.9 Å². The number of anilines is 2. The number of carbonyl (C=O) groups is 3. The molecule has 0 radical (unpaired) electrons. The fourth-order valence-electron chi connectivity index (χ4n) is 8.34. The Labute approximate surface area is 285 Å². The van der Waals surface area contributed by atoms with E-state index < -0.39 is 47.7 Å². The van der Waals surface area contributed by atoms with Gasteiger partial charge in [0.25, 0.3) is 5.91 Å². The van der Waals surface area contributed by atoms with Crippen LogP contribution in [0.15, 0.2) is 79.9 Å². The highest BCUT2D eigenvalue weighted by Gasteiger charge is 2.79. The number of likely N-dealkylation sites (tertiary alicyclic amines) is 1. The van der Waals surface area contributed by atoms with Gasteiger partial charge in [0.05, 0.1) is 30.8 Å². The van der Waals surface area contributed by atoms with Crippen molar-refractivity contribution in [2.75, 3.05) is 42.6 Å². The third kappa shape index (κ3) is 6.07. The van der Waals surface area contributed by atoms with Crippen molar-refractivity contribution in [3.05, 3.63) is 85.5 Å². The van der Waals surface area contributed by atoms with Gasteiger partial charge in [0, 0.05) is 31.0 Å². The Kier molecular flexibility index (Phi) is 11.1. The standard InChI is InChI=1S/C39H51N3O6/c1-6-11-12-16-26-47-37(46)33-32-35(44)42(31(27-43)28-17-14-13-15-18-28)34(39(32)24-23-38(33,8-3)48-39)36(45)41(25-7-2)30-21-19-29(20-22-30)40(9-4)10-5/h6-7,13-15,17-22,31-34,43H,1-2,8-12,16,23-27H2,3-5H3/t31-,32+,33-,34?,38+,39?/m1/s1. The number of fused-ring (bicyclic) bond motifs is 1. The highest BCUT2D eigenvalue weighted by molar-refractivity contribution is 6.05. The fraction of sp³-hybridized carbons (Fsp3) is 0.513. The molecule has 3 fully saturated rings. The van der Waals surface area contributed by atoms with Crippen LogP contribution in [0.1, 0.15) is 70.9 Å². The summed E-state index contributed by atoms with van der Waals surface area (Å²) in [7, 11) is 0. The van der Waals surface area contributed by atoms with Crippen molar-refractivity contribution in [1.29, 1.82) is 0 Å². The number of aliphatic hydroxyl groups excluding tert-OH is 1. The first-order valence-electron chi connectivity index (χ1n) is 17.5. The molecule has 3 heterocycles. The maximum Gasteiger partial charge on any atom is 0.312 e. The van der Waals surface area contributed by atoms with Gasteiger partial charge in [0.2, 0.25) is 5.91 Å². The Morgan fingerprint density at radius 1 is 1.02 bits per heavy atom. The Morgan fingerprint density at radius 2 is 1.71 bits per heavy atom. The number of benzene rings is 2. The van der Waals surface area contributed by atoms with E-state index in [1.807, 2.05) is 67.6 Å². The molecule has 3 aliphatic rings. The van der Waals surface area contributed by atoms with Gasteiger partial charge in [0.1, 0.15) is 17.6 Å². The van der Waals surface area contributed by atoms with Crippen LogP contribution in [0.25, 0.3) is 0 Å². The van der Waals surface area contributed by atoms with Crippen LogP contribution in [0.2, 0.25) is 0 Å². The summed E-state index contributed by atoms with van der Waals surface area (Å²) in [4.78, 5) is 49.3. The van der Waals surface area contributed by atoms with Crippen LogP contribution in [0.5, 0.6) is 0 Å². The number of allylic oxidation sites excluding steroid dienone is 1. The molecule has 0 aliphatic carbocycles. The van der Waals surface area contributed by atoms with Gasteiger partial charge in [-0.15, -0.1) is 13.2 Å². The van der Waals surface area contributed by atoms with Gasteiger partial charge in [-0.25, -0.2) is 0 Å². The number of nitrogens with zero attached hydrogens (tertiary/aromatic N) is 3. The molecule has 3 aliphatic heterocycles. The molecule has 2 unspecified atom stereocenters. The van der Waals surface area contributed by atoms with E-state index in [0.717, 1.165) is 31.6 Å². The van der Waals surface area contributed by atoms with E-state index in [9.17, 15) is 14.7 Å². The third-order valence-electron chi connectivity index (χ3n) is 10.7. The van der Waals surface area contributed by atoms with Crippen molar-refractivity contribution in [2.45, 2.75) is 82.6 Å². The van der Waals surface area contributed by atoms with Crippen LogP contribution in [0.4, 0.5) is 11.4 Å². The maximum absolute atomic E-state index is 15.1. The second-order valence-electron chi connectivity index (χ2n) is 13.1. The molecule has 2 bridgehead atoms. The molecule has 9 nitrogen and oxygen atoms in total. The van der Waals surface area contributed by atoms with Gasteiger partial charge in [-0.3, -0.25) is 14.4 Å². The molecule has 2 aromatic carbocycles. The van der Waals surface area contributed by atoms with Crippen LogP contribution in [0, 0.1) is 11.8 Å². The summed E-state index contributed by atoms with van der Waals surface area (Å²) < 4.78 is 12.8. The summed E-state index contributed by atoms with van der Waals surface area (Å²) >= 11 is 0. The van der Waals surface area contributed by atoms with Crippen LogP contribution in [-0.4, -0.2) is 77.9 Å². The summed E-state index contributed by atoms with van der Waals surface area (Å²) in [6.45, 7) is 15.6. The summed E-state index contributed by atoms with van der Waals surface area (Å²) in [6, 6.07) is 15.2. The maximum atomic E-state index is 15.1. The fourth-order valence-corrected chi connectivity index (χ4v) is 8.34. The molecule has 9 heteroatoms. The Morgan fingerprint density at radius 3 is 2.31 bits per heavy atom. The second kappa shape index (κ2) is 15.1. The molecule has 1 N–H and O–H groups in total. The number of carbonyl (C=O) groups excluding carboxylic acids is 3. The quantitative estimate of drug-likeness (QED) is 0.130. The largest absolute Gasteiger partial charge is 0.465 e. The summed E-state index contributed by atoms with van der Waals surface area (Å²) in [5.74, 6) is -2.94. The summed E-state index contributed by atoms with van der Waals surface area (Å²) in [5, 5.41) is 10.9.